The average Bonchev–Trinajstić information content (AvgIpc) is 2.89. The van der Waals surface area contributed by atoms with Gasteiger partial charge in [0.05, 0.1) is 11.8 Å². The second kappa shape index (κ2) is 6.31. The molecular weight excluding hydrogens is 226 g/mol. The van der Waals surface area contributed by atoms with E-state index in [4.69, 9.17) is 5.26 Å². The standard InChI is InChI=1S/C13H19N5/c1-11(10-18-6-2-3-7-18)9-15-13-12(8-14)4-5-16-17-13/h4-5,11H,2-3,6-7,9-10H2,1H3,(H,15,17). The molecular formula is C13H19N5. The van der Waals surface area contributed by atoms with Gasteiger partial charge < -0.3 is 10.2 Å². The van der Waals surface area contributed by atoms with Crippen molar-refractivity contribution in [1.82, 2.24) is 15.1 Å². The zero-order valence-corrected chi connectivity index (χ0v) is 10.8. The molecule has 5 nitrogen and oxygen atoms in total. The monoisotopic (exact) mass is 245 g/mol. The summed E-state index contributed by atoms with van der Waals surface area (Å²) >= 11 is 0. The molecule has 1 aromatic rings. The van der Waals surface area contributed by atoms with Crippen LogP contribution in [-0.2, 0) is 0 Å². The SMILES string of the molecule is CC(CNc1nnccc1C#N)CN1CCCC1. The van der Waals surface area contributed by atoms with E-state index < -0.39 is 0 Å². The zero-order chi connectivity index (χ0) is 12.8. The first-order valence-electron chi connectivity index (χ1n) is 6.47. The third kappa shape index (κ3) is 3.41. The van der Waals surface area contributed by atoms with Crippen molar-refractivity contribution in [2.45, 2.75) is 19.8 Å². The topological polar surface area (TPSA) is 64.8 Å². The van der Waals surface area contributed by atoms with Gasteiger partial charge in [-0.25, -0.2) is 0 Å². The van der Waals surface area contributed by atoms with Crippen LogP contribution in [0.5, 0.6) is 0 Å². The van der Waals surface area contributed by atoms with Crippen LogP contribution in [0, 0.1) is 17.2 Å². The van der Waals surface area contributed by atoms with Crippen molar-refractivity contribution >= 4 is 5.82 Å². The minimum absolute atomic E-state index is 0.539. The average molecular weight is 245 g/mol. The molecule has 1 aliphatic rings. The van der Waals surface area contributed by atoms with E-state index in [0.29, 0.717) is 17.3 Å². The van der Waals surface area contributed by atoms with Crippen LogP contribution in [0.25, 0.3) is 0 Å². The van der Waals surface area contributed by atoms with Crippen molar-refractivity contribution in [2.24, 2.45) is 5.92 Å². The molecule has 0 amide bonds. The van der Waals surface area contributed by atoms with Crippen molar-refractivity contribution in [3.63, 3.8) is 0 Å². The number of anilines is 1. The normalized spacial score (nSPS) is 17.3. The second-order valence-electron chi connectivity index (χ2n) is 4.90. The Kier molecular flexibility index (Phi) is 4.48. The van der Waals surface area contributed by atoms with Gasteiger partial charge in [-0.2, -0.15) is 10.4 Å². The number of nitrogens with one attached hydrogen (secondary N) is 1. The Morgan fingerprint density at radius 3 is 3.00 bits per heavy atom. The van der Waals surface area contributed by atoms with Crippen molar-refractivity contribution in [3.8, 4) is 6.07 Å². The van der Waals surface area contributed by atoms with Crippen molar-refractivity contribution < 1.29 is 0 Å². The number of hydrogen-bond donors (Lipinski definition) is 1. The van der Waals surface area contributed by atoms with Crippen molar-refractivity contribution in [1.29, 1.82) is 5.26 Å². The number of nitriles is 1. The van der Waals surface area contributed by atoms with E-state index in [2.05, 4.69) is 33.4 Å². The smallest absolute Gasteiger partial charge is 0.166 e. The summed E-state index contributed by atoms with van der Waals surface area (Å²) in [5.41, 5.74) is 0.554. The van der Waals surface area contributed by atoms with Gasteiger partial charge in [0.1, 0.15) is 6.07 Å². The van der Waals surface area contributed by atoms with E-state index >= 15 is 0 Å². The summed E-state index contributed by atoms with van der Waals surface area (Å²) in [6.07, 6.45) is 4.18. The molecule has 1 N–H and O–H groups in total. The molecule has 18 heavy (non-hydrogen) atoms. The molecule has 5 heteroatoms. The summed E-state index contributed by atoms with van der Waals surface area (Å²) in [5, 5.41) is 19.9. The molecule has 0 saturated carbocycles. The minimum Gasteiger partial charge on any atom is -0.367 e. The summed E-state index contributed by atoms with van der Waals surface area (Å²) in [6.45, 7) is 6.59. The molecule has 1 fully saturated rings. The molecule has 1 aliphatic heterocycles. The lowest BCUT2D eigenvalue weighted by atomic mass is 10.1. The quantitative estimate of drug-likeness (QED) is 0.851. The third-order valence-electron chi connectivity index (χ3n) is 3.23. The van der Waals surface area contributed by atoms with E-state index in [-0.39, 0.29) is 0 Å². The van der Waals surface area contributed by atoms with Crippen LogP contribution in [0.1, 0.15) is 25.3 Å². The van der Waals surface area contributed by atoms with Gasteiger partial charge in [-0.05, 0) is 37.9 Å². The largest absolute Gasteiger partial charge is 0.367 e. The van der Waals surface area contributed by atoms with E-state index in [1.807, 2.05) is 0 Å². The third-order valence-corrected chi connectivity index (χ3v) is 3.23. The van der Waals surface area contributed by atoms with Gasteiger partial charge in [-0.1, -0.05) is 6.92 Å². The Morgan fingerprint density at radius 1 is 1.50 bits per heavy atom. The van der Waals surface area contributed by atoms with E-state index in [0.717, 1.165) is 13.1 Å². The fourth-order valence-corrected chi connectivity index (χ4v) is 2.29. The molecule has 1 atom stereocenters. The highest BCUT2D eigenvalue weighted by atomic mass is 15.2. The predicted molar refractivity (Wildman–Crippen MR) is 70.1 cm³/mol. The molecule has 1 aromatic heterocycles. The molecule has 0 aromatic carbocycles. The number of likely N-dealkylation sites (tertiary alicyclic amines) is 1. The first-order valence-corrected chi connectivity index (χ1v) is 6.47. The molecule has 0 aliphatic carbocycles. The fraction of sp³-hybridized carbons (Fsp3) is 0.615. The highest BCUT2D eigenvalue weighted by Crippen LogP contribution is 2.12. The Bertz CT molecular complexity index is 420. The lowest BCUT2D eigenvalue weighted by Gasteiger charge is -2.20. The molecule has 0 bridgehead atoms. The van der Waals surface area contributed by atoms with E-state index in [1.165, 1.54) is 32.1 Å². The predicted octanol–water partition coefficient (Wildman–Crippen LogP) is 1.49. The maximum Gasteiger partial charge on any atom is 0.166 e. The fourth-order valence-electron chi connectivity index (χ4n) is 2.29. The van der Waals surface area contributed by atoms with Crippen LogP contribution in [0.3, 0.4) is 0 Å². The number of rotatable bonds is 5. The first kappa shape index (κ1) is 12.8. The number of aromatic nitrogens is 2. The highest BCUT2D eigenvalue weighted by molar-refractivity contribution is 5.50. The Labute approximate surface area is 108 Å². The minimum atomic E-state index is 0.539. The van der Waals surface area contributed by atoms with Gasteiger partial charge in [0, 0.05) is 13.1 Å². The number of hydrogen-bond acceptors (Lipinski definition) is 5. The van der Waals surface area contributed by atoms with Gasteiger partial charge in [0.15, 0.2) is 5.82 Å². The van der Waals surface area contributed by atoms with Gasteiger partial charge in [-0.15, -0.1) is 5.10 Å². The van der Waals surface area contributed by atoms with Crippen molar-refractivity contribution in [2.75, 3.05) is 31.5 Å². The molecule has 96 valence electrons. The van der Waals surface area contributed by atoms with Gasteiger partial charge >= 0.3 is 0 Å². The zero-order valence-electron chi connectivity index (χ0n) is 10.8. The molecule has 1 saturated heterocycles. The van der Waals surface area contributed by atoms with Crippen LogP contribution < -0.4 is 5.32 Å². The molecule has 2 heterocycles. The second-order valence-corrected chi connectivity index (χ2v) is 4.90. The van der Waals surface area contributed by atoms with Gasteiger partial charge in [-0.3, -0.25) is 0 Å². The van der Waals surface area contributed by atoms with Crippen LogP contribution in [-0.4, -0.2) is 41.3 Å². The summed E-state index contributed by atoms with van der Waals surface area (Å²) in [4.78, 5) is 2.49. The Morgan fingerprint density at radius 2 is 2.28 bits per heavy atom. The van der Waals surface area contributed by atoms with Crippen LogP contribution >= 0.6 is 0 Å². The van der Waals surface area contributed by atoms with Crippen LogP contribution in [0.4, 0.5) is 5.82 Å². The summed E-state index contributed by atoms with van der Waals surface area (Å²) in [5.74, 6) is 1.13. The number of nitrogens with zero attached hydrogens (tertiary/aromatic N) is 4. The van der Waals surface area contributed by atoms with Gasteiger partial charge in [0.25, 0.3) is 0 Å². The highest BCUT2D eigenvalue weighted by Gasteiger charge is 2.14. The van der Waals surface area contributed by atoms with E-state index in [1.54, 1.807) is 6.07 Å². The molecule has 2 rings (SSSR count). The first-order chi connectivity index (χ1) is 8.79. The lowest BCUT2D eigenvalue weighted by molar-refractivity contribution is 0.294. The molecule has 0 radical (unpaired) electrons. The maximum atomic E-state index is 8.95. The molecule has 0 spiro atoms. The van der Waals surface area contributed by atoms with E-state index in [9.17, 15) is 0 Å². The summed E-state index contributed by atoms with van der Waals surface area (Å²) in [6, 6.07) is 3.80. The summed E-state index contributed by atoms with van der Waals surface area (Å²) in [7, 11) is 0. The van der Waals surface area contributed by atoms with Crippen LogP contribution in [0.2, 0.25) is 0 Å². The Balaban J connectivity index is 1.81. The van der Waals surface area contributed by atoms with Gasteiger partial charge in [0.2, 0.25) is 0 Å². The lowest BCUT2D eigenvalue weighted by Crippen LogP contribution is -2.29. The maximum absolute atomic E-state index is 8.95. The molecule has 1 unspecified atom stereocenters. The van der Waals surface area contributed by atoms with Crippen molar-refractivity contribution in [3.05, 3.63) is 17.8 Å². The van der Waals surface area contributed by atoms with Crippen LogP contribution in [0.15, 0.2) is 12.3 Å². The summed E-state index contributed by atoms with van der Waals surface area (Å²) < 4.78 is 0. The Hall–Kier alpha value is -1.67.